The number of likely N-dealkylation sites (tertiary alicyclic amines) is 1. The fourth-order valence-electron chi connectivity index (χ4n) is 2.39. The van der Waals surface area contributed by atoms with Gasteiger partial charge in [0.05, 0.1) is 12.1 Å². The van der Waals surface area contributed by atoms with Crippen molar-refractivity contribution in [3.05, 3.63) is 34.9 Å². The van der Waals surface area contributed by atoms with Crippen molar-refractivity contribution >= 4 is 17.5 Å². The molecule has 0 radical (unpaired) electrons. The first-order valence-corrected chi connectivity index (χ1v) is 7.41. The predicted octanol–water partition coefficient (Wildman–Crippen LogP) is 1.97. The van der Waals surface area contributed by atoms with E-state index in [0.29, 0.717) is 11.6 Å². The molecule has 1 aromatic rings. The molecule has 0 spiro atoms. The number of rotatable bonds is 5. The van der Waals surface area contributed by atoms with Gasteiger partial charge in [-0.1, -0.05) is 23.7 Å². The molecular formula is C15H21ClN2O2. The third kappa shape index (κ3) is 3.95. The molecule has 0 aliphatic carbocycles. The summed E-state index contributed by atoms with van der Waals surface area (Å²) in [4.78, 5) is 14.0. The summed E-state index contributed by atoms with van der Waals surface area (Å²) in [7, 11) is 0. The lowest BCUT2D eigenvalue weighted by Crippen LogP contribution is -2.44. The first kappa shape index (κ1) is 15.3. The summed E-state index contributed by atoms with van der Waals surface area (Å²) >= 11 is 5.81. The number of carbonyl (C=O) groups excluding carboxylic acids is 1. The van der Waals surface area contributed by atoms with Crippen molar-refractivity contribution in [3.8, 4) is 0 Å². The highest BCUT2D eigenvalue weighted by Crippen LogP contribution is 2.16. The Labute approximate surface area is 124 Å². The summed E-state index contributed by atoms with van der Waals surface area (Å²) in [5.41, 5.74) is 0.794. The van der Waals surface area contributed by atoms with Gasteiger partial charge < -0.3 is 15.3 Å². The number of benzene rings is 1. The van der Waals surface area contributed by atoms with Gasteiger partial charge in [0.2, 0.25) is 5.91 Å². The van der Waals surface area contributed by atoms with E-state index in [9.17, 15) is 9.90 Å². The minimum atomic E-state index is -0.638. The quantitative estimate of drug-likeness (QED) is 0.873. The van der Waals surface area contributed by atoms with Crippen LogP contribution in [-0.4, -0.2) is 41.6 Å². The molecule has 1 fully saturated rings. The zero-order valence-electron chi connectivity index (χ0n) is 11.7. The topological polar surface area (TPSA) is 52.6 Å². The number of amides is 1. The molecule has 1 amide bonds. The third-order valence-electron chi connectivity index (χ3n) is 3.66. The van der Waals surface area contributed by atoms with Crippen LogP contribution in [-0.2, 0) is 4.79 Å². The van der Waals surface area contributed by atoms with Gasteiger partial charge in [0.25, 0.3) is 0 Å². The molecular weight excluding hydrogens is 276 g/mol. The molecule has 1 aliphatic rings. The normalized spacial score (nSPS) is 18.1. The Balaban J connectivity index is 1.81. The second kappa shape index (κ2) is 7.07. The monoisotopic (exact) mass is 296 g/mol. The van der Waals surface area contributed by atoms with Crippen LogP contribution in [0.2, 0.25) is 5.02 Å². The largest absolute Gasteiger partial charge is 0.387 e. The van der Waals surface area contributed by atoms with Crippen molar-refractivity contribution in [1.29, 1.82) is 0 Å². The standard InChI is InChI=1S/C15H21ClN2O2/c1-11(15(20)18-8-2-3-9-18)17-10-14(19)12-4-6-13(16)7-5-12/h4-7,11,14,17,19H,2-3,8-10H2,1H3. The van der Waals surface area contributed by atoms with Crippen LogP contribution in [0, 0.1) is 0 Å². The van der Waals surface area contributed by atoms with E-state index in [0.717, 1.165) is 31.5 Å². The number of hydrogen-bond acceptors (Lipinski definition) is 3. The Kier molecular flexibility index (Phi) is 5.40. The highest BCUT2D eigenvalue weighted by atomic mass is 35.5. The molecule has 2 atom stereocenters. The Morgan fingerprint density at radius 3 is 2.55 bits per heavy atom. The maximum Gasteiger partial charge on any atom is 0.239 e. The van der Waals surface area contributed by atoms with Crippen molar-refractivity contribution in [3.63, 3.8) is 0 Å². The smallest absolute Gasteiger partial charge is 0.239 e. The molecule has 0 saturated carbocycles. The second-order valence-electron chi connectivity index (χ2n) is 5.23. The Bertz CT molecular complexity index is 444. The molecule has 5 heteroatoms. The highest BCUT2D eigenvalue weighted by Gasteiger charge is 2.23. The van der Waals surface area contributed by atoms with Crippen LogP contribution in [0.3, 0.4) is 0 Å². The molecule has 2 rings (SSSR count). The van der Waals surface area contributed by atoms with Crippen molar-refractivity contribution in [2.45, 2.75) is 31.9 Å². The zero-order chi connectivity index (χ0) is 14.5. The third-order valence-corrected chi connectivity index (χ3v) is 3.91. The first-order valence-electron chi connectivity index (χ1n) is 7.03. The molecule has 0 bridgehead atoms. The second-order valence-corrected chi connectivity index (χ2v) is 5.67. The van der Waals surface area contributed by atoms with Crippen LogP contribution in [0.15, 0.2) is 24.3 Å². The molecule has 0 aromatic heterocycles. The zero-order valence-corrected chi connectivity index (χ0v) is 12.4. The number of nitrogens with zero attached hydrogens (tertiary/aromatic N) is 1. The minimum absolute atomic E-state index is 0.116. The molecule has 110 valence electrons. The van der Waals surface area contributed by atoms with Crippen molar-refractivity contribution < 1.29 is 9.90 Å². The van der Waals surface area contributed by atoms with E-state index in [1.165, 1.54) is 0 Å². The Morgan fingerprint density at radius 2 is 1.95 bits per heavy atom. The van der Waals surface area contributed by atoms with Crippen LogP contribution in [0.4, 0.5) is 0 Å². The average Bonchev–Trinajstić information content (AvgIpc) is 2.98. The van der Waals surface area contributed by atoms with E-state index in [2.05, 4.69) is 5.32 Å². The van der Waals surface area contributed by atoms with E-state index in [1.807, 2.05) is 11.8 Å². The van der Waals surface area contributed by atoms with E-state index >= 15 is 0 Å². The molecule has 2 N–H and O–H groups in total. The van der Waals surface area contributed by atoms with E-state index in [1.54, 1.807) is 24.3 Å². The Hall–Kier alpha value is -1.10. The van der Waals surface area contributed by atoms with Crippen molar-refractivity contribution in [1.82, 2.24) is 10.2 Å². The van der Waals surface area contributed by atoms with Gasteiger partial charge in [-0.3, -0.25) is 4.79 Å². The molecule has 1 aromatic carbocycles. The number of hydrogen-bond donors (Lipinski definition) is 2. The lowest BCUT2D eigenvalue weighted by molar-refractivity contribution is -0.132. The summed E-state index contributed by atoms with van der Waals surface area (Å²) in [5.74, 6) is 0.116. The van der Waals surface area contributed by atoms with Gasteiger partial charge in [0, 0.05) is 24.7 Å². The molecule has 20 heavy (non-hydrogen) atoms. The summed E-state index contributed by atoms with van der Waals surface area (Å²) in [6.07, 6.45) is 1.54. The maximum absolute atomic E-state index is 12.1. The van der Waals surface area contributed by atoms with Gasteiger partial charge in [0.1, 0.15) is 0 Å². The molecule has 1 aliphatic heterocycles. The first-order chi connectivity index (χ1) is 9.58. The summed E-state index contributed by atoms with van der Waals surface area (Å²) < 4.78 is 0. The number of halogens is 1. The predicted molar refractivity (Wildman–Crippen MR) is 79.7 cm³/mol. The van der Waals surface area contributed by atoms with Gasteiger partial charge in [-0.15, -0.1) is 0 Å². The molecule has 2 unspecified atom stereocenters. The van der Waals surface area contributed by atoms with Gasteiger partial charge in [-0.05, 0) is 37.5 Å². The van der Waals surface area contributed by atoms with Gasteiger partial charge in [-0.25, -0.2) is 0 Å². The van der Waals surface area contributed by atoms with E-state index in [-0.39, 0.29) is 11.9 Å². The van der Waals surface area contributed by atoms with Crippen molar-refractivity contribution in [2.75, 3.05) is 19.6 Å². The van der Waals surface area contributed by atoms with Crippen LogP contribution in [0.1, 0.15) is 31.4 Å². The van der Waals surface area contributed by atoms with Crippen LogP contribution in [0.5, 0.6) is 0 Å². The lowest BCUT2D eigenvalue weighted by Gasteiger charge is -2.22. The van der Waals surface area contributed by atoms with Crippen LogP contribution in [0.25, 0.3) is 0 Å². The fourth-order valence-corrected chi connectivity index (χ4v) is 2.52. The highest BCUT2D eigenvalue weighted by molar-refractivity contribution is 6.30. The number of aliphatic hydroxyl groups is 1. The molecule has 1 heterocycles. The lowest BCUT2D eigenvalue weighted by atomic mass is 10.1. The maximum atomic E-state index is 12.1. The minimum Gasteiger partial charge on any atom is -0.387 e. The molecule has 4 nitrogen and oxygen atoms in total. The van der Waals surface area contributed by atoms with E-state index in [4.69, 9.17) is 11.6 Å². The number of aliphatic hydroxyl groups excluding tert-OH is 1. The van der Waals surface area contributed by atoms with Gasteiger partial charge >= 0.3 is 0 Å². The number of carbonyl (C=O) groups is 1. The van der Waals surface area contributed by atoms with Crippen LogP contribution >= 0.6 is 11.6 Å². The van der Waals surface area contributed by atoms with Gasteiger partial charge in [-0.2, -0.15) is 0 Å². The van der Waals surface area contributed by atoms with Crippen LogP contribution < -0.4 is 5.32 Å². The number of nitrogens with one attached hydrogen (secondary N) is 1. The van der Waals surface area contributed by atoms with E-state index < -0.39 is 6.10 Å². The van der Waals surface area contributed by atoms with Gasteiger partial charge in [0.15, 0.2) is 0 Å². The summed E-state index contributed by atoms with van der Waals surface area (Å²) in [6, 6.07) is 6.82. The fraction of sp³-hybridized carbons (Fsp3) is 0.533. The van der Waals surface area contributed by atoms with Crippen molar-refractivity contribution in [2.24, 2.45) is 0 Å². The SMILES string of the molecule is CC(NCC(O)c1ccc(Cl)cc1)C(=O)N1CCCC1. The molecule has 1 saturated heterocycles. The summed E-state index contributed by atoms with van der Waals surface area (Å²) in [5, 5.41) is 13.8. The Morgan fingerprint density at radius 1 is 1.35 bits per heavy atom. The average molecular weight is 297 g/mol. The summed E-state index contributed by atoms with van der Waals surface area (Å²) in [6.45, 7) is 3.90.